The van der Waals surface area contributed by atoms with E-state index in [0.717, 1.165) is 19.3 Å². The van der Waals surface area contributed by atoms with E-state index in [9.17, 15) is 19.2 Å². The van der Waals surface area contributed by atoms with Crippen LogP contribution in [0.1, 0.15) is 29.6 Å². The Balaban J connectivity index is 1.20. The molecule has 1 heterocycles. The van der Waals surface area contributed by atoms with E-state index in [-0.39, 0.29) is 29.2 Å². The number of ether oxygens (including phenoxy) is 2. The quantitative estimate of drug-likeness (QED) is 0.538. The minimum Gasteiger partial charge on any atom is -0.495 e. The first kappa shape index (κ1) is 21.2. The molecule has 1 N–H and O–H groups in total. The van der Waals surface area contributed by atoms with E-state index in [1.807, 2.05) is 0 Å². The van der Waals surface area contributed by atoms with Gasteiger partial charge in [0.15, 0.2) is 6.61 Å². The lowest BCUT2D eigenvalue weighted by Crippen LogP contribution is -2.32. The number of nitrogens with zero attached hydrogens (tertiary/aromatic N) is 1. The van der Waals surface area contributed by atoms with Crippen LogP contribution in [0.15, 0.2) is 48.5 Å². The molecule has 2 aromatic carbocycles. The summed E-state index contributed by atoms with van der Waals surface area (Å²) in [6, 6.07) is 13.1. The molecule has 8 nitrogen and oxygen atoms in total. The largest absolute Gasteiger partial charge is 0.495 e. The molecule has 0 aromatic heterocycles. The molecule has 2 bridgehead atoms. The minimum atomic E-state index is -0.675. The second-order valence-electron chi connectivity index (χ2n) is 8.77. The highest BCUT2D eigenvalue weighted by Gasteiger charge is 2.61. The Bertz CT molecular complexity index is 1100. The van der Waals surface area contributed by atoms with Crippen LogP contribution in [0.3, 0.4) is 0 Å². The van der Waals surface area contributed by atoms with Gasteiger partial charge in [0.1, 0.15) is 5.75 Å². The van der Waals surface area contributed by atoms with Gasteiger partial charge in [-0.05, 0) is 67.5 Å². The van der Waals surface area contributed by atoms with Crippen molar-refractivity contribution < 1.29 is 28.7 Å². The summed E-state index contributed by atoms with van der Waals surface area (Å²) in [5, 5.41) is 2.63. The number of amides is 3. The lowest BCUT2D eigenvalue weighted by Gasteiger charge is -2.19. The van der Waals surface area contributed by atoms with Gasteiger partial charge in [-0.1, -0.05) is 12.1 Å². The van der Waals surface area contributed by atoms with Gasteiger partial charge in [0.05, 0.1) is 35.9 Å². The molecule has 0 unspecified atom stereocenters. The molecule has 2 saturated carbocycles. The Hall–Kier alpha value is -3.68. The van der Waals surface area contributed by atoms with Crippen molar-refractivity contribution in [3.63, 3.8) is 0 Å². The van der Waals surface area contributed by atoms with E-state index in [1.54, 1.807) is 36.4 Å². The van der Waals surface area contributed by atoms with Crippen LogP contribution < -0.4 is 15.0 Å². The van der Waals surface area contributed by atoms with E-state index in [1.165, 1.54) is 24.1 Å². The summed E-state index contributed by atoms with van der Waals surface area (Å²) in [7, 11) is 1.49. The highest BCUT2D eigenvalue weighted by Crippen LogP contribution is 2.56. The topological polar surface area (TPSA) is 102 Å². The van der Waals surface area contributed by atoms with Crippen LogP contribution in [-0.2, 0) is 19.1 Å². The number of rotatable bonds is 6. The summed E-state index contributed by atoms with van der Waals surface area (Å²) in [6.45, 7) is -0.464. The maximum Gasteiger partial charge on any atom is 0.338 e. The summed E-state index contributed by atoms with van der Waals surface area (Å²) in [5.74, 6) is -0.678. The third kappa shape index (κ3) is 3.65. The summed E-state index contributed by atoms with van der Waals surface area (Å²) in [4.78, 5) is 51.7. The van der Waals surface area contributed by atoms with Crippen molar-refractivity contribution in [3.05, 3.63) is 54.1 Å². The fourth-order valence-corrected chi connectivity index (χ4v) is 5.56. The molecule has 3 fully saturated rings. The van der Waals surface area contributed by atoms with Crippen LogP contribution in [0, 0.1) is 23.7 Å². The number of hydrogen-bond acceptors (Lipinski definition) is 6. The van der Waals surface area contributed by atoms with Crippen molar-refractivity contribution >= 4 is 35.1 Å². The second kappa shape index (κ2) is 8.35. The number of imide groups is 1. The summed E-state index contributed by atoms with van der Waals surface area (Å²) >= 11 is 0. The highest BCUT2D eigenvalue weighted by molar-refractivity contribution is 6.22. The average molecular weight is 448 g/mol. The summed E-state index contributed by atoms with van der Waals surface area (Å²) < 4.78 is 10.3. The van der Waals surface area contributed by atoms with E-state index in [4.69, 9.17) is 9.47 Å². The zero-order chi connectivity index (χ0) is 23.1. The fourth-order valence-electron chi connectivity index (χ4n) is 5.56. The monoisotopic (exact) mass is 448 g/mol. The van der Waals surface area contributed by atoms with Gasteiger partial charge in [-0.25, -0.2) is 4.79 Å². The van der Waals surface area contributed by atoms with Gasteiger partial charge in [0, 0.05) is 0 Å². The number of benzene rings is 2. The molecule has 0 radical (unpaired) electrons. The Labute approximate surface area is 190 Å². The van der Waals surface area contributed by atoms with Crippen molar-refractivity contribution in [2.24, 2.45) is 23.7 Å². The number of anilines is 2. The normalized spacial score (nSPS) is 25.2. The predicted octanol–water partition coefficient (Wildman–Crippen LogP) is 3.03. The zero-order valence-corrected chi connectivity index (χ0v) is 18.2. The molecular formula is C25H24N2O6. The first-order chi connectivity index (χ1) is 16.0. The second-order valence-corrected chi connectivity index (χ2v) is 8.77. The van der Waals surface area contributed by atoms with E-state index >= 15 is 0 Å². The van der Waals surface area contributed by atoms with Gasteiger partial charge in [-0.3, -0.25) is 19.3 Å². The minimum absolute atomic E-state index is 0.125. The highest BCUT2D eigenvalue weighted by atomic mass is 16.5. The molecule has 2 aliphatic carbocycles. The molecule has 4 atom stereocenters. The molecule has 3 amide bonds. The van der Waals surface area contributed by atoms with Crippen LogP contribution in [0.4, 0.5) is 11.4 Å². The zero-order valence-electron chi connectivity index (χ0n) is 18.2. The van der Waals surface area contributed by atoms with Gasteiger partial charge in [-0.15, -0.1) is 0 Å². The predicted molar refractivity (Wildman–Crippen MR) is 119 cm³/mol. The van der Waals surface area contributed by atoms with Gasteiger partial charge in [0.2, 0.25) is 11.8 Å². The number of para-hydroxylation sites is 2. The Morgan fingerprint density at radius 1 is 0.970 bits per heavy atom. The number of hydrogen-bond donors (Lipinski definition) is 1. The summed E-state index contributed by atoms with van der Waals surface area (Å²) in [6.07, 6.45) is 3.03. The van der Waals surface area contributed by atoms with Crippen LogP contribution in [0.25, 0.3) is 0 Å². The summed E-state index contributed by atoms with van der Waals surface area (Å²) in [5.41, 5.74) is 1.16. The number of fused-ring (bicyclic) bond motifs is 5. The lowest BCUT2D eigenvalue weighted by atomic mass is 9.81. The van der Waals surface area contributed by atoms with E-state index < -0.39 is 18.5 Å². The van der Waals surface area contributed by atoms with Crippen molar-refractivity contribution in [1.29, 1.82) is 0 Å². The Morgan fingerprint density at radius 2 is 1.61 bits per heavy atom. The third-order valence-corrected chi connectivity index (χ3v) is 7.00. The van der Waals surface area contributed by atoms with Crippen LogP contribution in [0.2, 0.25) is 0 Å². The first-order valence-electron chi connectivity index (χ1n) is 11.1. The van der Waals surface area contributed by atoms with Gasteiger partial charge in [-0.2, -0.15) is 0 Å². The molecular weight excluding hydrogens is 424 g/mol. The molecule has 8 heteroatoms. The molecule has 0 spiro atoms. The van der Waals surface area contributed by atoms with E-state index in [0.29, 0.717) is 29.0 Å². The van der Waals surface area contributed by atoms with Gasteiger partial charge < -0.3 is 14.8 Å². The van der Waals surface area contributed by atoms with Crippen molar-refractivity contribution in [2.45, 2.75) is 19.3 Å². The average Bonchev–Trinajstić information content (AvgIpc) is 3.51. The molecule has 1 saturated heterocycles. The third-order valence-electron chi connectivity index (χ3n) is 7.00. The number of methoxy groups -OCH3 is 1. The van der Waals surface area contributed by atoms with Crippen molar-refractivity contribution in [3.8, 4) is 5.75 Å². The Morgan fingerprint density at radius 3 is 2.24 bits per heavy atom. The molecule has 33 heavy (non-hydrogen) atoms. The van der Waals surface area contributed by atoms with Crippen LogP contribution in [0.5, 0.6) is 5.75 Å². The fraction of sp³-hybridized carbons (Fsp3) is 0.360. The molecule has 3 aliphatic rings. The van der Waals surface area contributed by atoms with E-state index in [2.05, 4.69) is 5.32 Å². The lowest BCUT2D eigenvalue weighted by molar-refractivity contribution is -0.123. The maximum absolute atomic E-state index is 12.9. The molecule has 5 rings (SSSR count). The molecule has 2 aromatic rings. The maximum atomic E-state index is 12.9. The van der Waals surface area contributed by atoms with Crippen LogP contribution in [-0.4, -0.2) is 37.4 Å². The SMILES string of the molecule is COc1ccccc1NC(=O)COC(=O)c1ccc(N2C(=O)[C@@H]3[C@H]4CC[C@@H](C4)[C@H]3C2=O)cc1. The van der Waals surface area contributed by atoms with Gasteiger partial charge >= 0.3 is 5.97 Å². The number of nitrogens with one attached hydrogen (secondary N) is 1. The van der Waals surface area contributed by atoms with Crippen LogP contribution >= 0.6 is 0 Å². The van der Waals surface area contributed by atoms with Gasteiger partial charge in [0.25, 0.3) is 5.91 Å². The smallest absolute Gasteiger partial charge is 0.338 e. The Kier molecular flexibility index (Phi) is 5.36. The molecule has 1 aliphatic heterocycles. The molecule has 170 valence electrons. The van der Waals surface area contributed by atoms with Crippen molar-refractivity contribution in [1.82, 2.24) is 0 Å². The van der Waals surface area contributed by atoms with Crippen molar-refractivity contribution in [2.75, 3.05) is 23.9 Å². The first-order valence-corrected chi connectivity index (χ1v) is 11.1. The number of carbonyl (C=O) groups excluding carboxylic acids is 4. The number of carbonyl (C=O) groups is 4. The standard InChI is InChI=1S/C25H24N2O6/c1-32-19-5-3-2-4-18(19)26-20(28)13-33-25(31)14-8-10-17(11-9-14)27-23(29)21-15-6-7-16(12-15)22(21)24(27)30/h2-5,8-11,15-16,21-22H,6-7,12-13H2,1H3,(H,26,28)/t15-,16-,21+,22+/m0/s1. The number of esters is 1.